The van der Waals surface area contributed by atoms with Crippen LogP contribution in [0.5, 0.6) is 0 Å². The first-order valence-electron chi connectivity index (χ1n) is 7.68. The highest BCUT2D eigenvalue weighted by molar-refractivity contribution is 4.99. The Morgan fingerprint density at radius 3 is 2.70 bits per heavy atom. The van der Waals surface area contributed by atoms with E-state index in [0.717, 1.165) is 18.9 Å². The number of nitrogens with zero attached hydrogens (tertiary/aromatic N) is 2. The molecule has 0 aliphatic heterocycles. The molecule has 0 amide bonds. The van der Waals surface area contributed by atoms with Crippen LogP contribution in [0.2, 0.25) is 0 Å². The molecule has 1 aliphatic carbocycles. The number of aromatic nitrogens is 2. The second-order valence-electron chi connectivity index (χ2n) is 6.14. The molecule has 0 radical (unpaired) electrons. The second kappa shape index (κ2) is 6.68. The fourth-order valence-electron chi connectivity index (χ4n) is 2.89. The van der Waals surface area contributed by atoms with Crippen LogP contribution in [0.4, 0.5) is 0 Å². The number of ether oxygens (including phenoxy) is 1. The summed E-state index contributed by atoms with van der Waals surface area (Å²) in [5, 5.41) is 7.64. The molecule has 5 nitrogen and oxygen atoms in total. The van der Waals surface area contributed by atoms with Crippen LogP contribution in [0.25, 0.3) is 0 Å². The summed E-state index contributed by atoms with van der Waals surface area (Å²) in [6, 6.07) is 0.446. The first-order chi connectivity index (χ1) is 9.56. The maximum absolute atomic E-state index is 5.41. The van der Waals surface area contributed by atoms with Gasteiger partial charge in [0.1, 0.15) is 5.60 Å². The van der Waals surface area contributed by atoms with Crippen molar-refractivity contribution in [2.75, 3.05) is 13.7 Å². The molecule has 1 aromatic heterocycles. The van der Waals surface area contributed by atoms with Crippen LogP contribution in [0.1, 0.15) is 58.2 Å². The number of hydrogen-bond donors (Lipinski definition) is 1. The number of nitrogens with one attached hydrogen (secondary N) is 1. The molecule has 1 aromatic rings. The van der Waals surface area contributed by atoms with Crippen LogP contribution >= 0.6 is 0 Å². The first kappa shape index (κ1) is 15.4. The molecule has 1 saturated carbocycles. The molecule has 0 aromatic carbocycles. The monoisotopic (exact) mass is 281 g/mol. The van der Waals surface area contributed by atoms with Crippen molar-refractivity contribution in [2.24, 2.45) is 5.92 Å². The predicted molar refractivity (Wildman–Crippen MR) is 77.5 cm³/mol. The van der Waals surface area contributed by atoms with Gasteiger partial charge in [-0.3, -0.25) is 0 Å². The molecule has 20 heavy (non-hydrogen) atoms. The predicted octanol–water partition coefficient (Wildman–Crippen LogP) is 2.66. The minimum atomic E-state index is -0.497. The van der Waals surface area contributed by atoms with E-state index in [4.69, 9.17) is 9.26 Å². The Labute approximate surface area is 121 Å². The van der Waals surface area contributed by atoms with Crippen molar-refractivity contribution in [1.29, 1.82) is 0 Å². The lowest BCUT2D eigenvalue weighted by atomic mass is 9.95. The summed E-state index contributed by atoms with van der Waals surface area (Å²) in [5.41, 5.74) is -0.497. The molecule has 0 bridgehead atoms. The molecular formula is C15H27N3O2. The van der Waals surface area contributed by atoms with E-state index in [-0.39, 0.29) is 0 Å². The average molecular weight is 281 g/mol. The van der Waals surface area contributed by atoms with Crippen molar-refractivity contribution >= 4 is 0 Å². The minimum absolute atomic E-state index is 0.446. The van der Waals surface area contributed by atoms with E-state index in [1.165, 1.54) is 25.7 Å². The SMILES string of the molecule is CCNC(Cc1nc(C(C)(C)OC)no1)C1CCCC1. The topological polar surface area (TPSA) is 60.2 Å². The lowest BCUT2D eigenvalue weighted by Gasteiger charge is -2.22. The average Bonchev–Trinajstić information content (AvgIpc) is 3.09. The van der Waals surface area contributed by atoms with Gasteiger partial charge in [-0.2, -0.15) is 4.98 Å². The van der Waals surface area contributed by atoms with E-state index < -0.39 is 5.60 Å². The molecule has 1 unspecified atom stereocenters. The van der Waals surface area contributed by atoms with E-state index >= 15 is 0 Å². The van der Waals surface area contributed by atoms with Gasteiger partial charge in [0.25, 0.3) is 0 Å². The molecule has 0 saturated heterocycles. The summed E-state index contributed by atoms with van der Waals surface area (Å²) in [4.78, 5) is 4.50. The molecule has 5 heteroatoms. The van der Waals surface area contributed by atoms with E-state index in [2.05, 4.69) is 22.4 Å². The van der Waals surface area contributed by atoms with Gasteiger partial charge in [-0.05, 0) is 39.2 Å². The Balaban J connectivity index is 2.03. The summed E-state index contributed by atoms with van der Waals surface area (Å²) >= 11 is 0. The van der Waals surface area contributed by atoms with Gasteiger partial charge in [0, 0.05) is 19.6 Å². The highest BCUT2D eigenvalue weighted by Crippen LogP contribution is 2.29. The van der Waals surface area contributed by atoms with E-state index in [0.29, 0.717) is 17.8 Å². The summed E-state index contributed by atoms with van der Waals surface area (Å²) in [5.74, 6) is 2.07. The zero-order chi connectivity index (χ0) is 14.6. The van der Waals surface area contributed by atoms with Gasteiger partial charge in [0.15, 0.2) is 0 Å². The molecule has 114 valence electrons. The number of methoxy groups -OCH3 is 1. The molecule has 2 rings (SSSR count). The van der Waals surface area contributed by atoms with Gasteiger partial charge in [-0.1, -0.05) is 24.9 Å². The van der Waals surface area contributed by atoms with Gasteiger partial charge < -0.3 is 14.6 Å². The van der Waals surface area contributed by atoms with E-state index in [9.17, 15) is 0 Å². The lowest BCUT2D eigenvalue weighted by Crippen LogP contribution is -2.37. The van der Waals surface area contributed by atoms with E-state index in [1.54, 1.807) is 7.11 Å². The first-order valence-corrected chi connectivity index (χ1v) is 7.68. The van der Waals surface area contributed by atoms with Crippen LogP contribution in [-0.4, -0.2) is 29.8 Å². The molecule has 1 fully saturated rings. The van der Waals surface area contributed by atoms with E-state index in [1.807, 2.05) is 13.8 Å². The molecule has 1 heterocycles. The molecule has 1 N–H and O–H groups in total. The highest BCUT2D eigenvalue weighted by Gasteiger charge is 2.29. The fraction of sp³-hybridized carbons (Fsp3) is 0.867. The van der Waals surface area contributed by atoms with Crippen molar-refractivity contribution in [3.05, 3.63) is 11.7 Å². The number of hydrogen-bond acceptors (Lipinski definition) is 5. The Morgan fingerprint density at radius 1 is 1.40 bits per heavy atom. The van der Waals surface area contributed by atoms with Gasteiger partial charge in [0.2, 0.25) is 11.7 Å². The van der Waals surface area contributed by atoms with Crippen molar-refractivity contribution in [3.63, 3.8) is 0 Å². The standard InChI is InChI=1S/C15H27N3O2/c1-5-16-12(11-8-6-7-9-11)10-13-17-14(18-20-13)15(2,3)19-4/h11-12,16H,5-10H2,1-4H3. The Kier molecular flexibility index (Phi) is 5.16. The zero-order valence-electron chi connectivity index (χ0n) is 13.1. The van der Waals surface area contributed by atoms with Crippen LogP contribution in [0, 0.1) is 5.92 Å². The fourth-order valence-corrected chi connectivity index (χ4v) is 2.89. The van der Waals surface area contributed by atoms with Gasteiger partial charge in [-0.25, -0.2) is 0 Å². The van der Waals surface area contributed by atoms with Crippen LogP contribution in [0.15, 0.2) is 4.52 Å². The van der Waals surface area contributed by atoms with Gasteiger partial charge in [0.05, 0.1) is 0 Å². The summed E-state index contributed by atoms with van der Waals surface area (Å²) < 4.78 is 10.8. The number of rotatable bonds is 7. The summed E-state index contributed by atoms with van der Waals surface area (Å²) in [7, 11) is 1.66. The quantitative estimate of drug-likeness (QED) is 0.832. The highest BCUT2D eigenvalue weighted by atomic mass is 16.5. The minimum Gasteiger partial charge on any atom is -0.371 e. The van der Waals surface area contributed by atoms with Crippen molar-refractivity contribution < 1.29 is 9.26 Å². The summed E-state index contributed by atoms with van der Waals surface area (Å²) in [6.07, 6.45) is 6.12. The Hall–Kier alpha value is -0.940. The second-order valence-corrected chi connectivity index (χ2v) is 6.14. The molecular weight excluding hydrogens is 254 g/mol. The maximum atomic E-state index is 5.41. The molecule has 1 aliphatic rings. The van der Waals surface area contributed by atoms with Gasteiger partial charge in [-0.15, -0.1) is 0 Å². The Morgan fingerprint density at radius 2 is 2.10 bits per heavy atom. The largest absolute Gasteiger partial charge is 0.371 e. The smallest absolute Gasteiger partial charge is 0.228 e. The summed E-state index contributed by atoms with van der Waals surface area (Å²) in [6.45, 7) is 7.02. The normalized spacial score (nSPS) is 18.6. The lowest BCUT2D eigenvalue weighted by molar-refractivity contribution is 0.00973. The third-order valence-electron chi connectivity index (χ3n) is 4.35. The van der Waals surface area contributed by atoms with Crippen LogP contribution in [0.3, 0.4) is 0 Å². The molecule has 0 spiro atoms. The maximum Gasteiger partial charge on any atom is 0.228 e. The van der Waals surface area contributed by atoms with Crippen LogP contribution in [-0.2, 0) is 16.8 Å². The van der Waals surface area contributed by atoms with Crippen molar-refractivity contribution in [1.82, 2.24) is 15.5 Å². The zero-order valence-corrected chi connectivity index (χ0v) is 13.1. The molecule has 1 atom stereocenters. The van der Waals surface area contributed by atoms with Crippen LogP contribution < -0.4 is 5.32 Å². The number of likely N-dealkylation sites (N-methyl/N-ethyl adjacent to an activating group) is 1. The van der Waals surface area contributed by atoms with Gasteiger partial charge >= 0.3 is 0 Å². The third kappa shape index (κ3) is 3.58. The van der Waals surface area contributed by atoms with Crippen molar-refractivity contribution in [2.45, 2.75) is 64.5 Å². The Bertz CT molecular complexity index is 411. The third-order valence-corrected chi connectivity index (χ3v) is 4.35. The van der Waals surface area contributed by atoms with Crippen molar-refractivity contribution in [3.8, 4) is 0 Å².